The van der Waals surface area contributed by atoms with Gasteiger partial charge in [-0.1, -0.05) is 0 Å². The van der Waals surface area contributed by atoms with E-state index >= 15 is 0 Å². The molecule has 0 amide bonds. The molecule has 9 rings (SSSR count). The average molecular weight is 1030 g/mol. The standard InChI is InChI=1S/2C26H33.C12H9Si.2ClH.Zr/c2*1-8-19-9-10-20-11-23(18(6)7)15-25(20)26(19)24-13-21(16(2)3)12-22(14-24)17(4)5;1-3-7-11-9(5-1)10-6-2-4-8-12(10)13-11;;;/h2*9-18H,8H2,1-7H3;1-7H,13H2;2*1H;/q;;;;;+2/p-2. The van der Waals surface area contributed by atoms with E-state index in [0.29, 0.717) is 23.7 Å². The predicted octanol–water partition coefficient (Wildman–Crippen LogP) is 17.0. The van der Waals surface area contributed by atoms with E-state index in [4.69, 9.17) is 0 Å². The monoisotopic (exact) mass is 1030 g/mol. The van der Waals surface area contributed by atoms with Crippen LogP contribution >= 0.6 is 17.0 Å². The normalized spacial score (nSPS) is 17.4. The van der Waals surface area contributed by atoms with Gasteiger partial charge in [0, 0.05) is 0 Å². The zero-order valence-electron chi connectivity index (χ0n) is 43.5. The molecule has 353 valence electrons. The molecule has 3 aliphatic rings. The number of benzene rings is 6. The van der Waals surface area contributed by atoms with Crippen molar-refractivity contribution in [3.05, 3.63) is 170 Å². The van der Waals surface area contributed by atoms with Crippen molar-refractivity contribution in [3.8, 4) is 33.4 Å². The molecule has 1 aliphatic heterocycles. The van der Waals surface area contributed by atoms with Crippen molar-refractivity contribution < 1.29 is 16.4 Å². The van der Waals surface area contributed by atoms with E-state index in [9.17, 15) is 17.0 Å². The Bertz CT molecular complexity index is 2820. The van der Waals surface area contributed by atoms with Gasteiger partial charge in [0.05, 0.1) is 0 Å². The molecule has 0 nitrogen and oxygen atoms in total. The SMILES string of the molecule is CCc1ccc2c(c1-c1cc(C(C)C)cc(C(C)C)c1)C=C(C(C)C)[CH]2[Zr]([Cl])([Cl])([c]1cccc2c1[SiH2]c1ccccc1-2)[CH]1C(C(C)C)=Cc2c1ccc(CC)c2-c1cc(C(C)C)cc(C(C)C)c1. The molecule has 0 N–H and O–H groups in total. The van der Waals surface area contributed by atoms with Gasteiger partial charge in [-0.2, -0.15) is 0 Å². The molecule has 0 aromatic heterocycles. The van der Waals surface area contributed by atoms with E-state index in [1.165, 1.54) is 114 Å². The molecule has 2 unspecified atom stereocenters. The van der Waals surface area contributed by atoms with Gasteiger partial charge in [-0.25, -0.2) is 0 Å². The molecule has 0 saturated carbocycles. The third-order valence-corrected chi connectivity index (χ3v) is 39.0. The number of allylic oxidation sites excluding steroid dienone is 2. The molecule has 0 saturated heterocycles. The topological polar surface area (TPSA) is 0 Å². The van der Waals surface area contributed by atoms with Crippen LogP contribution in [0.2, 0.25) is 0 Å². The minimum atomic E-state index is -5.81. The van der Waals surface area contributed by atoms with Crippen LogP contribution in [0, 0.1) is 11.8 Å². The Kier molecular flexibility index (Phi) is 13.5. The van der Waals surface area contributed by atoms with Crippen LogP contribution in [-0.2, 0) is 29.2 Å². The van der Waals surface area contributed by atoms with Crippen LogP contribution < -0.4 is 13.6 Å². The van der Waals surface area contributed by atoms with Crippen molar-refractivity contribution in [2.24, 2.45) is 11.8 Å². The Balaban J connectivity index is 1.40. The Morgan fingerprint density at radius 3 is 1.28 bits per heavy atom. The summed E-state index contributed by atoms with van der Waals surface area (Å²) in [6, 6.07) is 40.9. The Morgan fingerprint density at radius 2 is 0.882 bits per heavy atom. The summed E-state index contributed by atoms with van der Waals surface area (Å²) < 4.78 is 1.04. The first-order valence-corrected chi connectivity index (χ1v) is 37.9. The van der Waals surface area contributed by atoms with Gasteiger partial charge in [-0.15, -0.1) is 0 Å². The van der Waals surface area contributed by atoms with Crippen molar-refractivity contribution in [2.75, 3.05) is 0 Å². The van der Waals surface area contributed by atoms with Crippen LogP contribution in [0.3, 0.4) is 0 Å². The van der Waals surface area contributed by atoms with Crippen molar-refractivity contribution in [1.82, 2.24) is 0 Å². The van der Waals surface area contributed by atoms with Crippen molar-refractivity contribution in [1.29, 1.82) is 0 Å². The molecule has 6 aromatic rings. The molecule has 4 heteroatoms. The summed E-state index contributed by atoms with van der Waals surface area (Å²) in [6.07, 6.45) is 7.08. The second kappa shape index (κ2) is 18.6. The van der Waals surface area contributed by atoms with Crippen LogP contribution in [-0.4, -0.2) is 9.52 Å². The van der Waals surface area contributed by atoms with Crippen LogP contribution in [0.25, 0.3) is 45.5 Å². The van der Waals surface area contributed by atoms with E-state index in [0.717, 1.165) is 12.8 Å². The number of rotatable bonds is 13. The summed E-state index contributed by atoms with van der Waals surface area (Å²) in [5, 5.41) is 2.98. The summed E-state index contributed by atoms with van der Waals surface area (Å²) >= 11 is -5.81. The number of halogens is 2. The van der Waals surface area contributed by atoms with E-state index in [-0.39, 0.29) is 19.1 Å². The van der Waals surface area contributed by atoms with Crippen LogP contribution in [0.5, 0.6) is 0 Å². The Labute approximate surface area is 421 Å². The average Bonchev–Trinajstić information content (AvgIpc) is 4.03. The number of fused-ring (bicyclic) bond motifs is 5. The second-order valence-electron chi connectivity index (χ2n) is 22.6. The molecule has 68 heavy (non-hydrogen) atoms. The third kappa shape index (κ3) is 8.03. The summed E-state index contributed by atoms with van der Waals surface area (Å²) in [7, 11) is 18.3. The predicted molar refractivity (Wildman–Crippen MR) is 301 cm³/mol. The fourth-order valence-electron chi connectivity index (χ4n) is 12.5. The van der Waals surface area contributed by atoms with Crippen LogP contribution in [0.15, 0.2) is 114 Å². The van der Waals surface area contributed by atoms with E-state index < -0.39 is 25.9 Å². The first kappa shape index (κ1) is 49.5. The molecule has 0 fully saturated rings. The summed E-state index contributed by atoms with van der Waals surface area (Å²) in [6.45, 7) is 32.9. The fraction of sp³-hybridized carbons (Fsp3) is 0.375. The first-order chi connectivity index (χ1) is 32.3. The molecule has 6 aromatic carbocycles. The molecule has 0 radical (unpaired) electrons. The minimum absolute atomic E-state index is 0.134. The van der Waals surface area contributed by atoms with Crippen molar-refractivity contribution in [2.45, 2.75) is 141 Å². The number of hydrogen-bond donors (Lipinski definition) is 0. The van der Waals surface area contributed by atoms with Gasteiger partial charge in [-0.3, -0.25) is 0 Å². The maximum absolute atomic E-state index is 9.62. The maximum atomic E-state index is 9.62. The molecular weight excluding hydrogens is 959 g/mol. The Hall–Kier alpha value is -3.52. The van der Waals surface area contributed by atoms with E-state index in [1.54, 1.807) is 0 Å². The summed E-state index contributed by atoms with van der Waals surface area (Å²) in [5.41, 5.74) is 24.6. The zero-order valence-corrected chi connectivity index (χ0v) is 48.8. The number of hydrogen-bond acceptors (Lipinski definition) is 0. The van der Waals surface area contributed by atoms with Gasteiger partial charge in [-0.05, 0) is 0 Å². The number of aryl methyl sites for hydroxylation is 2. The third-order valence-electron chi connectivity index (χ3n) is 16.4. The molecule has 0 spiro atoms. The second-order valence-corrected chi connectivity index (χ2v) is 45.0. The van der Waals surface area contributed by atoms with Gasteiger partial charge in [0.25, 0.3) is 0 Å². The first-order valence-electron chi connectivity index (χ1n) is 26.1. The quantitative estimate of drug-likeness (QED) is 0.101. The van der Waals surface area contributed by atoms with E-state index in [1.807, 2.05) is 0 Å². The Morgan fingerprint density at radius 1 is 0.471 bits per heavy atom. The van der Waals surface area contributed by atoms with Gasteiger partial charge in [0.2, 0.25) is 0 Å². The van der Waals surface area contributed by atoms with Gasteiger partial charge in [0.15, 0.2) is 0 Å². The summed E-state index contributed by atoms with van der Waals surface area (Å²) in [4.78, 5) is 0. The summed E-state index contributed by atoms with van der Waals surface area (Å²) in [5.74, 6) is 2.13. The fourth-order valence-corrected chi connectivity index (χ4v) is 40.8. The zero-order chi connectivity index (χ0) is 48.7. The van der Waals surface area contributed by atoms with Crippen LogP contribution in [0.1, 0.15) is 183 Å². The molecule has 1 heterocycles. The molecular formula is C64H75Cl2SiZr. The van der Waals surface area contributed by atoms with Gasteiger partial charge < -0.3 is 0 Å². The molecule has 0 bridgehead atoms. The van der Waals surface area contributed by atoms with Crippen molar-refractivity contribution >= 4 is 52.3 Å². The van der Waals surface area contributed by atoms with Gasteiger partial charge >= 0.3 is 425 Å². The van der Waals surface area contributed by atoms with Crippen molar-refractivity contribution in [3.63, 3.8) is 0 Å². The molecule has 2 atom stereocenters. The van der Waals surface area contributed by atoms with E-state index in [2.05, 4.69) is 212 Å². The molecule has 2 aliphatic carbocycles. The van der Waals surface area contributed by atoms with Crippen LogP contribution in [0.4, 0.5) is 0 Å². The van der Waals surface area contributed by atoms with Gasteiger partial charge in [0.1, 0.15) is 0 Å².